The van der Waals surface area contributed by atoms with Gasteiger partial charge in [-0.2, -0.15) is 5.10 Å². The summed E-state index contributed by atoms with van der Waals surface area (Å²) >= 11 is 0. The summed E-state index contributed by atoms with van der Waals surface area (Å²) in [5.74, 6) is 0.757. The van der Waals surface area contributed by atoms with Crippen LogP contribution in [0.1, 0.15) is 21.7 Å². The molecule has 0 fully saturated rings. The molecule has 0 saturated carbocycles. The monoisotopic (exact) mass is 358 g/mol. The van der Waals surface area contributed by atoms with E-state index >= 15 is 0 Å². The molecule has 0 bridgehead atoms. The smallest absolute Gasteiger partial charge is 0.358 e. The molecule has 26 heavy (non-hydrogen) atoms. The number of aromatic nitrogens is 2. The third-order valence-electron chi connectivity index (χ3n) is 4.39. The van der Waals surface area contributed by atoms with Gasteiger partial charge in [-0.3, -0.25) is 5.10 Å². The van der Waals surface area contributed by atoms with Crippen molar-refractivity contribution in [3.63, 3.8) is 0 Å². The Kier molecular flexibility index (Phi) is 4.11. The van der Waals surface area contributed by atoms with Crippen molar-refractivity contribution in [2.45, 2.75) is 13.0 Å². The van der Waals surface area contributed by atoms with Gasteiger partial charge in [0, 0.05) is 36.0 Å². The number of methoxy groups -OCH3 is 1. The zero-order valence-corrected chi connectivity index (χ0v) is 14.2. The van der Waals surface area contributed by atoms with Crippen molar-refractivity contribution in [3.05, 3.63) is 35.2 Å². The molecule has 3 heterocycles. The number of H-pyrrole nitrogens is 1. The first kappa shape index (κ1) is 16.2. The van der Waals surface area contributed by atoms with Crippen LogP contribution in [0.4, 0.5) is 10.5 Å². The Labute approximate surface area is 149 Å². The van der Waals surface area contributed by atoms with E-state index in [0.717, 1.165) is 5.69 Å². The molecule has 2 aliphatic heterocycles. The highest BCUT2D eigenvalue weighted by Gasteiger charge is 2.28. The average molecular weight is 358 g/mol. The fourth-order valence-corrected chi connectivity index (χ4v) is 3.06. The minimum absolute atomic E-state index is 0.222. The maximum atomic E-state index is 12.6. The second-order valence-corrected chi connectivity index (χ2v) is 5.98. The highest BCUT2D eigenvalue weighted by atomic mass is 16.6. The molecule has 2 aromatic rings. The van der Waals surface area contributed by atoms with Gasteiger partial charge in [-0.25, -0.2) is 9.59 Å². The van der Waals surface area contributed by atoms with Crippen molar-refractivity contribution < 1.29 is 23.8 Å². The Morgan fingerprint density at radius 2 is 2.08 bits per heavy atom. The molecule has 136 valence electrons. The highest BCUT2D eigenvalue weighted by Crippen LogP contribution is 2.32. The van der Waals surface area contributed by atoms with Gasteiger partial charge < -0.3 is 24.4 Å². The third-order valence-corrected chi connectivity index (χ3v) is 4.39. The number of carbonyl (C=O) groups excluding carboxylic acids is 2. The van der Waals surface area contributed by atoms with Gasteiger partial charge in [0.05, 0.1) is 13.7 Å². The van der Waals surface area contributed by atoms with E-state index in [1.54, 1.807) is 23.1 Å². The SMILES string of the molecule is COC(=O)c1n[nH]c2c1CN(C(=O)Nc1ccc3c(c1)OCCO3)CC2. The number of urea groups is 1. The van der Waals surface area contributed by atoms with E-state index in [0.29, 0.717) is 48.9 Å². The maximum Gasteiger partial charge on any atom is 0.358 e. The number of benzene rings is 1. The summed E-state index contributed by atoms with van der Waals surface area (Å²) in [6.07, 6.45) is 0.591. The van der Waals surface area contributed by atoms with E-state index in [1.165, 1.54) is 7.11 Å². The number of rotatable bonds is 2. The number of anilines is 1. The van der Waals surface area contributed by atoms with Crippen LogP contribution in [0.15, 0.2) is 18.2 Å². The van der Waals surface area contributed by atoms with Crippen molar-refractivity contribution in [2.24, 2.45) is 0 Å². The summed E-state index contributed by atoms with van der Waals surface area (Å²) in [5, 5.41) is 9.70. The molecular formula is C17H18N4O5. The Hall–Kier alpha value is -3.23. The molecule has 0 spiro atoms. The summed E-state index contributed by atoms with van der Waals surface area (Å²) in [6.45, 7) is 1.80. The van der Waals surface area contributed by atoms with Gasteiger partial charge in [0.15, 0.2) is 17.2 Å². The zero-order valence-electron chi connectivity index (χ0n) is 14.2. The lowest BCUT2D eigenvalue weighted by atomic mass is 10.1. The number of nitrogens with one attached hydrogen (secondary N) is 2. The highest BCUT2D eigenvalue weighted by molar-refractivity contribution is 5.91. The van der Waals surface area contributed by atoms with E-state index in [-0.39, 0.29) is 18.3 Å². The lowest BCUT2D eigenvalue weighted by Crippen LogP contribution is -2.39. The molecule has 2 aliphatic rings. The summed E-state index contributed by atoms with van der Waals surface area (Å²) in [7, 11) is 1.30. The van der Waals surface area contributed by atoms with Crippen LogP contribution < -0.4 is 14.8 Å². The van der Waals surface area contributed by atoms with Crippen molar-refractivity contribution in [1.29, 1.82) is 0 Å². The van der Waals surface area contributed by atoms with Gasteiger partial charge in [-0.15, -0.1) is 0 Å². The van der Waals surface area contributed by atoms with Crippen molar-refractivity contribution in [2.75, 3.05) is 32.2 Å². The molecule has 0 aliphatic carbocycles. The van der Waals surface area contributed by atoms with Crippen LogP contribution in [0.5, 0.6) is 11.5 Å². The van der Waals surface area contributed by atoms with E-state index in [9.17, 15) is 9.59 Å². The van der Waals surface area contributed by atoms with Gasteiger partial charge in [0.25, 0.3) is 0 Å². The number of carbonyl (C=O) groups is 2. The van der Waals surface area contributed by atoms with Gasteiger partial charge in [-0.05, 0) is 12.1 Å². The second-order valence-electron chi connectivity index (χ2n) is 5.98. The molecule has 0 atom stereocenters. The van der Waals surface area contributed by atoms with E-state index in [2.05, 4.69) is 15.5 Å². The number of esters is 1. The Morgan fingerprint density at radius 1 is 1.27 bits per heavy atom. The molecule has 0 radical (unpaired) electrons. The average Bonchev–Trinajstić information content (AvgIpc) is 3.10. The molecule has 9 nitrogen and oxygen atoms in total. The number of hydrogen-bond acceptors (Lipinski definition) is 6. The number of nitrogens with zero attached hydrogens (tertiary/aromatic N) is 2. The lowest BCUT2D eigenvalue weighted by Gasteiger charge is -2.27. The van der Waals surface area contributed by atoms with Crippen LogP contribution in [-0.2, 0) is 17.7 Å². The first-order chi connectivity index (χ1) is 12.7. The molecule has 0 unspecified atom stereocenters. The summed E-state index contributed by atoms with van der Waals surface area (Å²) < 4.78 is 15.7. The van der Waals surface area contributed by atoms with Crippen molar-refractivity contribution in [1.82, 2.24) is 15.1 Å². The first-order valence-electron chi connectivity index (χ1n) is 8.25. The van der Waals surface area contributed by atoms with Gasteiger partial charge in [0.1, 0.15) is 13.2 Å². The number of ether oxygens (including phenoxy) is 3. The first-order valence-corrected chi connectivity index (χ1v) is 8.25. The molecule has 2 N–H and O–H groups in total. The Balaban J connectivity index is 1.48. The molecule has 4 rings (SSSR count). The largest absolute Gasteiger partial charge is 0.486 e. The lowest BCUT2D eigenvalue weighted by molar-refractivity contribution is 0.0591. The fourth-order valence-electron chi connectivity index (χ4n) is 3.06. The number of fused-ring (bicyclic) bond motifs is 2. The number of aromatic amines is 1. The fraction of sp³-hybridized carbons (Fsp3) is 0.353. The number of hydrogen-bond donors (Lipinski definition) is 2. The second kappa shape index (κ2) is 6.58. The maximum absolute atomic E-state index is 12.6. The third kappa shape index (κ3) is 2.92. The molecule has 9 heteroatoms. The van der Waals surface area contributed by atoms with Crippen LogP contribution in [0.3, 0.4) is 0 Å². The quantitative estimate of drug-likeness (QED) is 0.789. The van der Waals surface area contributed by atoms with Crippen LogP contribution in [-0.4, -0.2) is 54.0 Å². The van der Waals surface area contributed by atoms with Crippen LogP contribution in [0, 0.1) is 0 Å². The van der Waals surface area contributed by atoms with Crippen LogP contribution >= 0.6 is 0 Å². The van der Waals surface area contributed by atoms with Gasteiger partial charge in [0.2, 0.25) is 0 Å². The standard InChI is InChI=1S/C17H18N4O5/c1-24-16(22)15-11-9-21(5-4-12(11)19-20-15)17(23)18-10-2-3-13-14(8-10)26-7-6-25-13/h2-3,8H,4-7,9H2,1H3,(H,18,23)(H,19,20). The van der Waals surface area contributed by atoms with Crippen molar-refractivity contribution in [3.8, 4) is 11.5 Å². The van der Waals surface area contributed by atoms with E-state index in [1.807, 2.05) is 0 Å². The minimum atomic E-state index is -0.517. The van der Waals surface area contributed by atoms with Crippen molar-refractivity contribution >= 4 is 17.7 Å². The van der Waals surface area contributed by atoms with Crippen LogP contribution in [0.2, 0.25) is 0 Å². The number of amides is 2. The summed E-state index contributed by atoms with van der Waals surface area (Å²) in [4.78, 5) is 26.0. The topological polar surface area (TPSA) is 106 Å². The van der Waals surface area contributed by atoms with E-state index in [4.69, 9.17) is 14.2 Å². The molecular weight excluding hydrogens is 340 g/mol. The Morgan fingerprint density at radius 3 is 2.88 bits per heavy atom. The summed E-state index contributed by atoms with van der Waals surface area (Å²) in [6, 6.07) is 5.01. The molecule has 1 aromatic carbocycles. The predicted octanol–water partition coefficient (Wildman–Crippen LogP) is 1.56. The minimum Gasteiger partial charge on any atom is -0.486 e. The van der Waals surface area contributed by atoms with Gasteiger partial charge in [-0.1, -0.05) is 0 Å². The van der Waals surface area contributed by atoms with Gasteiger partial charge >= 0.3 is 12.0 Å². The normalized spacial score (nSPS) is 15.2. The predicted molar refractivity (Wildman–Crippen MR) is 90.5 cm³/mol. The zero-order chi connectivity index (χ0) is 18.1. The Bertz CT molecular complexity index is 863. The van der Waals surface area contributed by atoms with Crippen LogP contribution in [0.25, 0.3) is 0 Å². The molecule has 0 saturated heterocycles. The molecule has 2 amide bonds. The van der Waals surface area contributed by atoms with E-state index < -0.39 is 5.97 Å². The summed E-state index contributed by atoms with van der Waals surface area (Å²) in [5.41, 5.74) is 2.39. The molecule has 1 aromatic heterocycles.